The van der Waals surface area contributed by atoms with Gasteiger partial charge in [0, 0.05) is 0 Å². The molecule has 0 atom stereocenters. The van der Waals surface area contributed by atoms with Crippen molar-refractivity contribution in [2.24, 2.45) is 10.2 Å². The molecule has 1 heterocycles. The van der Waals surface area contributed by atoms with E-state index in [4.69, 9.17) is 5.11 Å². The van der Waals surface area contributed by atoms with Crippen LogP contribution in [0.5, 0.6) is 0 Å². The highest BCUT2D eigenvalue weighted by Gasteiger charge is 2.17. The first-order valence-corrected chi connectivity index (χ1v) is 4.20. The molecule has 0 fully saturated rings. The topological polar surface area (TPSA) is 62.0 Å². The second kappa shape index (κ2) is 3.41. The summed E-state index contributed by atoms with van der Waals surface area (Å²) in [7, 11) is 0. The lowest BCUT2D eigenvalue weighted by Gasteiger charge is -2.08. The number of carboxylic acids is 1. The first-order valence-electron chi connectivity index (χ1n) is 4.20. The molecule has 0 bridgehead atoms. The van der Waals surface area contributed by atoms with Crippen molar-refractivity contribution in [3.63, 3.8) is 0 Å². The second-order valence-electron chi connectivity index (χ2n) is 2.91. The number of hydrogen-bond donors (Lipinski definition) is 1. The maximum absolute atomic E-state index is 10.9. The van der Waals surface area contributed by atoms with E-state index in [1.807, 2.05) is 12.2 Å². The smallest absolute Gasteiger partial charge is 0.336 e. The molecule has 0 unspecified atom stereocenters. The quantitative estimate of drug-likeness (QED) is 0.685. The maximum Gasteiger partial charge on any atom is 0.336 e. The third-order valence-corrected chi connectivity index (χ3v) is 2.05. The molecule has 70 valence electrons. The molecule has 14 heavy (non-hydrogen) atoms. The Kier molecular flexibility index (Phi) is 2.10. The summed E-state index contributed by atoms with van der Waals surface area (Å²) in [6.07, 6.45) is 8.98. The molecule has 0 saturated heterocycles. The average molecular weight is 188 g/mol. The van der Waals surface area contributed by atoms with E-state index >= 15 is 0 Å². The number of fused-ring (bicyclic) bond motifs is 1. The van der Waals surface area contributed by atoms with Gasteiger partial charge in [0.2, 0.25) is 0 Å². The molecule has 0 aromatic rings. The number of rotatable bonds is 1. The van der Waals surface area contributed by atoms with Crippen molar-refractivity contribution in [2.45, 2.75) is 6.42 Å². The molecule has 0 amide bonds. The minimum Gasteiger partial charge on any atom is -0.478 e. The Bertz CT molecular complexity index is 425. The van der Waals surface area contributed by atoms with E-state index in [0.29, 0.717) is 12.1 Å². The molecule has 0 radical (unpaired) electrons. The molecule has 0 spiro atoms. The maximum atomic E-state index is 10.9. The molecule has 0 saturated carbocycles. The van der Waals surface area contributed by atoms with Crippen molar-refractivity contribution in [1.82, 2.24) is 0 Å². The average Bonchev–Trinajstić information content (AvgIpc) is 2.39. The standard InChI is InChI=1S/C10H8N2O2/c13-10(14)8-5-6-11-12-9-4-2-1-3-7(8)9/h1-2,4-6H,3H2,(H,13,14). The first-order chi connectivity index (χ1) is 6.79. The zero-order valence-corrected chi connectivity index (χ0v) is 7.34. The Morgan fingerprint density at radius 2 is 2.36 bits per heavy atom. The lowest BCUT2D eigenvalue weighted by Crippen LogP contribution is -2.04. The Labute approximate surface area is 80.7 Å². The van der Waals surface area contributed by atoms with Crippen LogP contribution < -0.4 is 0 Å². The van der Waals surface area contributed by atoms with E-state index in [1.54, 1.807) is 6.08 Å². The van der Waals surface area contributed by atoms with Gasteiger partial charge in [0.05, 0.1) is 17.5 Å². The molecule has 1 N–H and O–H groups in total. The van der Waals surface area contributed by atoms with Crippen LogP contribution in [-0.4, -0.2) is 11.1 Å². The van der Waals surface area contributed by atoms with Gasteiger partial charge in [-0.25, -0.2) is 4.79 Å². The third kappa shape index (κ3) is 1.42. The summed E-state index contributed by atoms with van der Waals surface area (Å²) in [6, 6.07) is 0. The molecular weight excluding hydrogens is 180 g/mol. The fourth-order valence-corrected chi connectivity index (χ4v) is 1.40. The van der Waals surface area contributed by atoms with Crippen LogP contribution in [0.1, 0.15) is 6.42 Å². The summed E-state index contributed by atoms with van der Waals surface area (Å²) in [5, 5.41) is 16.6. The van der Waals surface area contributed by atoms with Gasteiger partial charge in [-0.15, -0.1) is 0 Å². The minimum absolute atomic E-state index is 0.269. The van der Waals surface area contributed by atoms with Gasteiger partial charge in [-0.2, -0.15) is 10.2 Å². The summed E-state index contributed by atoms with van der Waals surface area (Å²) in [5.74, 6) is -0.940. The van der Waals surface area contributed by atoms with Gasteiger partial charge >= 0.3 is 5.97 Å². The summed E-state index contributed by atoms with van der Waals surface area (Å²) in [6.45, 7) is 0. The van der Waals surface area contributed by atoms with Crippen LogP contribution in [0.15, 0.2) is 57.6 Å². The SMILES string of the molecule is O=C(O)C1=C2CC=CC=C2N=NC=C1. The van der Waals surface area contributed by atoms with Crippen LogP contribution in [0, 0.1) is 0 Å². The molecule has 1 aliphatic carbocycles. The van der Waals surface area contributed by atoms with E-state index in [0.717, 1.165) is 5.57 Å². The van der Waals surface area contributed by atoms with E-state index in [-0.39, 0.29) is 5.57 Å². The van der Waals surface area contributed by atoms with Gasteiger partial charge in [-0.05, 0) is 24.1 Å². The molecule has 2 rings (SSSR count). The van der Waals surface area contributed by atoms with Gasteiger partial charge in [0.25, 0.3) is 0 Å². The normalized spacial score (nSPS) is 19.0. The highest BCUT2D eigenvalue weighted by atomic mass is 16.4. The van der Waals surface area contributed by atoms with E-state index in [1.165, 1.54) is 12.3 Å². The number of hydrogen-bond acceptors (Lipinski definition) is 3. The van der Waals surface area contributed by atoms with Gasteiger partial charge in [-0.3, -0.25) is 0 Å². The lowest BCUT2D eigenvalue weighted by atomic mass is 9.98. The Morgan fingerprint density at radius 3 is 3.14 bits per heavy atom. The van der Waals surface area contributed by atoms with Crippen molar-refractivity contribution in [1.29, 1.82) is 0 Å². The van der Waals surface area contributed by atoms with Crippen LogP contribution in [0.25, 0.3) is 0 Å². The molecule has 2 aliphatic rings. The van der Waals surface area contributed by atoms with Crippen molar-refractivity contribution >= 4 is 5.97 Å². The van der Waals surface area contributed by atoms with Gasteiger partial charge < -0.3 is 5.11 Å². The van der Waals surface area contributed by atoms with E-state index in [2.05, 4.69) is 10.2 Å². The van der Waals surface area contributed by atoms with Crippen LogP contribution in [0.3, 0.4) is 0 Å². The highest BCUT2D eigenvalue weighted by molar-refractivity contribution is 5.92. The van der Waals surface area contributed by atoms with Crippen molar-refractivity contribution in [3.8, 4) is 0 Å². The lowest BCUT2D eigenvalue weighted by molar-refractivity contribution is -0.132. The molecule has 1 aliphatic heterocycles. The fourth-order valence-electron chi connectivity index (χ4n) is 1.40. The first kappa shape index (κ1) is 8.62. The largest absolute Gasteiger partial charge is 0.478 e. The van der Waals surface area contributed by atoms with Crippen LogP contribution in [0.4, 0.5) is 0 Å². The van der Waals surface area contributed by atoms with E-state index < -0.39 is 5.97 Å². The summed E-state index contributed by atoms with van der Waals surface area (Å²) < 4.78 is 0. The van der Waals surface area contributed by atoms with Crippen LogP contribution in [-0.2, 0) is 4.79 Å². The van der Waals surface area contributed by atoms with Gasteiger partial charge in [0.15, 0.2) is 0 Å². The number of azo groups is 1. The van der Waals surface area contributed by atoms with E-state index in [9.17, 15) is 4.79 Å². The summed E-state index contributed by atoms with van der Waals surface area (Å²) in [4.78, 5) is 10.9. The van der Waals surface area contributed by atoms with Gasteiger partial charge in [-0.1, -0.05) is 12.2 Å². The van der Waals surface area contributed by atoms with Gasteiger partial charge in [0.1, 0.15) is 0 Å². The van der Waals surface area contributed by atoms with Crippen LogP contribution >= 0.6 is 0 Å². The van der Waals surface area contributed by atoms with Crippen LogP contribution in [0.2, 0.25) is 0 Å². The fraction of sp³-hybridized carbons (Fsp3) is 0.100. The zero-order valence-electron chi connectivity index (χ0n) is 7.34. The zero-order chi connectivity index (χ0) is 9.97. The van der Waals surface area contributed by atoms with Crippen molar-refractivity contribution < 1.29 is 9.90 Å². The number of nitrogens with zero attached hydrogens (tertiary/aromatic N) is 2. The predicted molar refractivity (Wildman–Crippen MR) is 50.5 cm³/mol. The molecule has 0 aromatic heterocycles. The number of carboxylic acid groups (broad SMARTS) is 1. The predicted octanol–water partition coefficient (Wildman–Crippen LogP) is 2.19. The highest BCUT2D eigenvalue weighted by Crippen LogP contribution is 2.27. The minimum atomic E-state index is -0.940. The molecule has 4 nitrogen and oxygen atoms in total. The Morgan fingerprint density at radius 1 is 1.50 bits per heavy atom. The van der Waals surface area contributed by atoms with Crippen molar-refractivity contribution in [2.75, 3.05) is 0 Å². The second-order valence-corrected chi connectivity index (χ2v) is 2.91. The molecular formula is C10H8N2O2. The molecule has 0 aromatic carbocycles. The third-order valence-electron chi connectivity index (χ3n) is 2.05. The molecule has 4 heteroatoms. The summed E-state index contributed by atoms with van der Waals surface area (Å²) in [5.41, 5.74) is 1.62. The summed E-state index contributed by atoms with van der Waals surface area (Å²) >= 11 is 0. The number of carbonyl (C=O) groups is 1. The monoisotopic (exact) mass is 188 g/mol. The Balaban J connectivity index is 2.56. The number of aliphatic carboxylic acids is 1. The van der Waals surface area contributed by atoms with Crippen molar-refractivity contribution in [3.05, 3.63) is 47.3 Å². The number of allylic oxidation sites excluding steroid dienone is 4. The Hall–Kier alpha value is -1.97.